The second kappa shape index (κ2) is 9.79. The van der Waals surface area contributed by atoms with Crippen molar-refractivity contribution in [1.82, 2.24) is 4.90 Å². The molecule has 0 bridgehead atoms. The maximum absolute atomic E-state index is 13.3. The van der Waals surface area contributed by atoms with Crippen LogP contribution in [0.5, 0.6) is 5.75 Å². The molecule has 1 heterocycles. The summed E-state index contributed by atoms with van der Waals surface area (Å²) in [4.78, 5) is 27.8. The number of hydrogen-bond donors (Lipinski definition) is 1. The van der Waals surface area contributed by atoms with Gasteiger partial charge in [0.25, 0.3) is 11.8 Å². The number of amides is 2. The van der Waals surface area contributed by atoms with Crippen molar-refractivity contribution < 1.29 is 19.1 Å². The molecule has 3 rings (SSSR count). The van der Waals surface area contributed by atoms with Crippen LogP contribution in [0.4, 0.5) is 5.69 Å². The van der Waals surface area contributed by atoms with Gasteiger partial charge in [-0.25, -0.2) is 0 Å². The van der Waals surface area contributed by atoms with Gasteiger partial charge in [-0.1, -0.05) is 29.8 Å². The van der Waals surface area contributed by atoms with Crippen molar-refractivity contribution in [3.05, 3.63) is 64.9 Å². The second-order valence-corrected chi connectivity index (χ2v) is 7.96. The molecule has 0 aromatic heterocycles. The quantitative estimate of drug-likeness (QED) is 0.482. The molecule has 6 heteroatoms. The first-order chi connectivity index (χ1) is 14.8. The normalized spacial score (nSPS) is 14.1. The lowest BCUT2D eigenvalue weighted by Crippen LogP contribution is -2.34. The van der Waals surface area contributed by atoms with Gasteiger partial charge in [0.1, 0.15) is 11.4 Å². The van der Waals surface area contributed by atoms with Gasteiger partial charge >= 0.3 is 0 Å². The number of methoxy groups -OCH3 is 1. The Kier molecular flexibility index (Phi) is 7.13. The summed E-state index contributed by atoms with van der Waals surface area (Å²) >= 11 is 0. The van der Waals surface area contributed by atoms with Gasteiger partial charge in [-0.05, 0) is 63.4 Å². The molecule has 1 aliphatic rings. The van der Waals surface area contributed by atoms with Gasteiger partial charge in [0.15, 0.2) is 0 Å². The predicted molar refractivity (Wildman–Crippen MR) is 122 cm³/mol. The highest BCUT2D eigenvalue weighted by Crippen LogP contribution is 2.32. The third-order valence-electron chi connectivity index (χ3n) is 5.17. The molecular weight excluding hydrogens is 392 g/mol. The molecule has 164 valence electrons. The highest BCUT2D eigenvalue weighted by atomic mass is 16.5. The van der Waals surface area contributed by atoms with Crippen molar-refractivity contribution in [2.45, 2.75) is 40.2 Å². The summed E-state index contributed by atoms with van der Waals surface area (Å²) in [6.45, 7) is 8.71. The van der Waals surface area contributed by atoms with Crippen molar-refractivity contribution in [1.29, 1.82) is 0 Å². The topological polar surface area (TPSA) is 67.9 Å². The van der Waals surface area contributed by atoms with E-state index in [-0.39, 0.29) is 17.9 Å². The first-order valence-corrected chi connectivity index (χ1v) is 10.5. The lowest BCUT2D eigenvalue weighted by molar-refractivity contribution is -0.137. The number of rotatable bonds is 9. The second-order valence-electron chi connectivity index (χ2n) is 7.96. The van der Waals surface area contributed by atoms with Crippen molar-refractivity contribution >= 4 is 23.1 Å². The summed E-state index contributed by atoms with van der Waals surface area (Å²) in [5, 5.41) is 3.24. The van der Waals surface area contributed by atoms with Gasteiger partial charge in [-0.3, -0.25) is 14.5 Å². The third kappa shape index (κ3) is 5.14. The lowest BCUT2D eigenvalue weighted by Gasteiger charge is -2.16. The van der Waals surface area contributed by atoms with E-state index in [9.17, 15) is 9.59 Å². The fraction of sp³-hybridized carbons (Fsp3) is 0.360. The van der Waals surface area contributed by atoms with E-state index in [1.807, 2.05) is 45.9 Å². The van der Waals surface area contributed by atoms with Crippen molar-refractivity contribution in [2.24, 2.45) is 0 Å². The summed E-state index contributed by atoms with van der Waals surface area (Å²) < 4.78 is 10.8. The first-order valence-electron chi connectivity index (χ1n) is 10.5. The minimum absolute atomic E-state index is 0.111. The fourth-order valence-corrected chi connectivity index (χ4v) is 3.55. The van der Waals surface area contributed by atoms with Crippen molar-refractivity contribution in [2.75, 3.05) is 25.6 Å². The van der Waals surface area contributed by atoms with E-state index >= 15 is 0 Å². The van der Waals surface area contributed by atoms with Gasteiger partial charge in [-0.15, -0.1) is 0 Å². The summed E-state index contributed by atoms with van der Waals surface area (Å²) in [6.07, 6.45) is 0.697. The Balaban J connectivity index is 1.93. The minimum Gasteiger partial charge on any atom is -0.497 e. The Morgan fingerprint density at radius 3 is 2.32 bits per heavy atom. The zero-order valence-electron chi connectivity index (χ0n) is 18.8. The van der Waals surface area contributed by atoms with Crippen LogP contribution in [0.25, 0.3) is 5.57 Å². The van der Waals surface area contributed by atoms with Crippen LogP contribution < -0.4 is 10.1 Å². The number of aryl methyl sites for hydroxylation is 2. The van der Waals surface area contributed by atoms with Gasteiger partial charge in [0, 0.05) is 18.8 Å². The number of nitrogens with zero attached hydrogens (tertiary/aromatic N) is 1. The standard InChI is InChI=1S/C25H30N2O4/c1-16(2)31-14-6-13-27-24(28)22(19-8-10-20(30-5)11-9-19)23(25(27)29)26-21-12-7-17(3)15-18(21)4/h7-12,15-16,26H,6,13-14H2,1-5H3. The van der Waals surface area contributed by atoms with E-state index in [0.717, 1.165) is 16.8 Å². The van der Waals surface area contributed by atoms with E-state index in [1.165, 1.54) is 4.90 Å². The summed E-state index contributed by atoms with van der Waals surface area (Å²) in [5.41, 5.74) is 4.29. The monoisotopic (exact) mass is 422 g/mol. The number of imide groups is 1. The number of carbonyl (C=O) groups excluding carboxylic acids is 2. The molecule has 0 saturated heterocycles. The van der Waals surface area contributed by atoms with Gasteiger partial charge in [0.05, 0.1) is 18.8 Å². The molecule has 0 radical (unpaired) electrons. The van der Waals surface area contributed by atoms with Gasteiger partial charge < -0.3 is 14.8 Å². The van der Waals surface area contributed by atoms with Crippen LogP contribution in [0, 0.1) is 13.8 Å². The van der Waals surface area contributed by atoms with Crippen molar-refractivity contribution in [3.8, 4) is 5.75 Å². The van der Waals surface area contributed by atoms with E-state index in [0.29, 0.717) is 42.2 Å². The Hall–Kier alpha value is -3.12. The van der Waals surface area contributed by atoms with Crippen LogP contribution in [0.15, 0.2) is 48.2 Å². The number of benzene rings is 2. The Morgan fingerprint density at radius 1 is 1.00 bits per heavy atom. The summed E-state index contributed by atoms with van der Waals surface area (Å²) in [5.74, 6) is 0.0695. The maximum atomic E-state index is 13.3. The van der Waals surface area contributed by atoms with Crippen LogP contribution in [-0.4, -0.2) is 43.1 Å². The lowest BCUT2D eigenvalue weighted by atomic mass is 10.0. The van der Waals surface area contributed by atoms with Crippen LogP contribution in [0.1, 0.15) is 37.0 Å². The van der Waals surface area contributed by atoms with Crippen LogP contribution >= 0.6 is 0 Å². The molecule has 2 aromatic carbocycles. The smallest absolute Gasteiger partial charge is 0.278 e. The van der Waals surface area contributed by atoms with E-state index in [1.54, 1.807) is 31.4 Å². The number of hydrogen-bond acceptors (Lipinski definition) is 5. The molecule has 0 unspecified atom stereocenters. The highest BCUT2D eigenvalue weighted by Gasteiger charge is 2.39. The van der Waals surface area contributed by atoms with E-state index < -0.39 is 0 Å². The molecule has 31 heavy (non-hydrogen) atoms. The first kappa shape index (κ1) is 22.6. The SMILES string of the molecule is COc1ccc(C2=C(Nc3ccc(C)cc3C)C(=O)N(CCCOC(C)C)C2=O)cc1. The zero-order chi connectivity index (χ0) is 22.5. The molecule has 0 fully saturated rings. The molecule has 2 amide bonds. The average molecular weight is 423 g/mol. The molecule has 1 aliphatic heterocycles. The minimum atomic E-state index is -0.319. The number of ether oxygens (including phenoxy) is 2. The number of carbonyl (C=O) groups is 2. The van der Waals surface area contributed by atoms with E-state index in [2.05, 4.69) is 5.32 Å². The molecule has 0 atom stereocenters. The fourth-order valence-electron chi connectivity index (χ4n) is 3.55. The predicted octanol–water partition coefficient (Wildman–Crippen LogP) is 4.32. The van der Waals surface area contributed by atoms with E-state index in [4.69, 9.17) is 9.47 Å². The molecule has 2 aromatic rings. The van der Waals surface area contributed by atoms with Gasteiger partial charge in [0.2, 0.25) is 0 Å². The number of nitrogens with one attached hydrogen (secondary N) is 1. The highest BCUT2D eigenvalue weighted by molar-refractivity contribution is 6.36. The zero-order valence-corrected chi connectivity index (χ0v) is 18.8. The number of anilines is 1. The van der Waals surface area contributed by atoms with Crippen LogP contribution in [-0.2, 0) is 14.3 Å². The van der Waals surface area contributed by atoms with Gasteiger partial charge in [-0.2, -0.15) is 0 Å². The average Bonchev–Trinajstić information content (AvgIpc) is 2.97. The largest absolute Gasteiger partial charge is 0.497 e. The summed E-state index contributed by atoms with van der Waals surface area (Å²) in [7, 11) is 1.59. The Bertz CT molecular complexity index is 993. The molecular formula is C25H30N2O4. The molecule has 0 aliphatic carbocycles. The molecule has 6 nitrogen and oxygen atoms in total. The Labute approximate surface area is 183 Å². The van der Waals surface area contributed by atoms with Crippen LogP contribution in [0.3, 0.4) is 0 Å². The molecule has 0 spiro atoms. The maximum Gasteiger partial charge on any atom is 0.278 e. The Morgan fingerprint density at radius 2 is 1.71 bits per heavy atom. The molecule has 0 saturated carbocycles. The third-order valence-corrected chi connectivity index (χ3v) is 5.17. The summed E-state index contributed by atoms with van der Waals surface area (Å²) in [6, 6.07) is 13.1. The molecule has 1 N–H and O–H groups in total. The van der Waals surface area contributed by atoms with Crippen LogP contribution in [0.2, 0.25) is 0 Å². The van der Waals surface area contributed by atoms with Crippen molar-refractivity contribution in [3.63, 3.8) is 0 Å².